The molecule has 0 aromatic carbocycles. The molecule has 1 aliphatic carbocycles. The zero-order valence-electron chi connectivity index (χ0n) is 13.7. The molecule has 3 aliphatic rings. The van der Waals surface area contributed by atoms with Gasteiger partial charge in [0.1, 0.15) is 0 Å². The van der Waals surface area contributed by atoms with Crippen molar-refractivity contribution < 1.29 is 9.53 Å². The maximum atomic E-state index is 12.6. The van der Waals surface area contributed by atoms with Gasteiger partial charge >= 0.3 is 0 Å². The van der Waals surface area contributed by atoms with E-state index in [1.807, 2.05) is 0 Å². The van der Waals surface area contributed by atoms with Gasteiger partial charge in [-0.1, -0.05) is 0 Å². The van der Waals surface area contributed by atoms with Crippen molar-refractivity contribution in [3.8, 4) is 0 Å². The summed E-state index contributed by atoms with van der Waals surface area (Å²) in [7, 11) is 2.15. The Morgan fingerprint density at radius 2 is 2.09 bits per heavy atom. The van der Waals surface area contributed by atoms with E-state index < -0.39 is 0 Å². The molecule has 0 spiro atoms. The van der Waals surface area contributed by atoms with Crippen molar-refractivity contribution in [1.82, 2.24) is 25.3 Å². The van der Waals surface area contributed by atoms with E-state index in [0.717, 1.165) is 56.7 Å². The predicted octanol–water partition coefficient (Wildman–Crippen LogP) is -0.357. The number of fused-ring (bicyclic) bond motifs is 1. The Morgan fingerprint density at radius 3 is 2.91 bits per heavy atom. The third-order valence-corrected chi connectivity index (χ3v) is 5.40. The average molecular weight is 319 g/mol. The van der Waals surface area contributed by atoms with E-state index in [2.05, 4.69) is 32.4 Å². The molecule has 0 bridgehead atoms. The molecule has 7 nitrogen and oxygen atoms in total. The van der Waals surface area contributed by atoms with Crippen molar-refractivity contribution in [1.29, 1.82) is 0 Å². The summed E-state index contributed by atoms with van der Waals surface area (Å²) in [5, 5.41) is 10.4. The second-order valence-corrected chi connectivity index (χ2v) is 6.91. The number of hydrogen-bond acceptors (Lipinski definition) is 5. The molecule has 2 fully saturated rings. The first-order chi connectivity index (χ1) is 11.2. The highest BCUT2D eigenvalue weighted by Crippen LogP contribution is 2.23. The molecule has 2 aliphatic heterocycles. The maximum absolute atomic E-state index is 12.6. The van der Waals surface area contributed by atoms with Gasteiger partial charge in [-0.2, -0.15) is 5.10 Å². The van der Waals surface area contributed by atoms with Crippen LogP contribution in [0.5, 0.6) is 0 Å². The second-order valence-electron chi connectivity index (χ2n) is 6.91. The number of amides is 1. The van der Waals surface area contributed by atoms with Gasteiger partial charge in [0.25, 0.3) is 5.91 Å². The number of nitrogens with one attached hydrogen (secondary N) is 2. The van der Waals surface area contributed by atoms with Gasteiger partial charge in [-0.3, -0.25) is 14.8 Å². The largest absolute Gasteiger partial charge is 0.378 e. The van der Waals surface area contributed by atoms with Gasteiger partial charge < -0.3 is 15.0 Å². The zero-order chi connectivity index (χ0) is 15.8. The number of aryl methyl sites for hydroxylation is 1. The Labute approximate surface area is 136 Å². The number of carbonyl (C=O) groups is 1. The molecule has 0 saturated carbocycles. The summed E-state index contributed by atoms with van der Waals surface area (Å²) < 4.78 is 5.66. The minimum atomic E-state index is -0.0565. The van der Waals surface area contributed by atoms with Crippen molar-refractivity contribution in [2.75, 3.05) is 46.4 Å². The summed E-state index contributed by atoms with van der Waals surface area (Å²) in [4.78, 5) is 17.4. The molecule has 1 aromatic rings. The number of nitrogens with zero attached hydrogens (tertiary/aromatic N) is 3. The third-order valence-electron chi connectivity index (χ3n) is 5.40. The van der Waals surface area contributed by atoms with Crippen LogP contribution in [0.15, 0.2) is 0 Å². The lowest BCUT2D eigenvalue weighted by atomic mass is 10.1. The van der Waals surface area contributed by atoms with Crippen LogP contribution in [-0.4, -0.2) is 84.4 Å². The van der Waals surface area contributed by atoms with Crippen molar-refractivity contribution >= 4 is 5.91 Å². The molecule has 0 radical (unpaired) electrons. The van der Waals surface area contributed by atoms with Crippen LogP contribution in [0.1, 0.15) is 28.2 Å². The molecule has 3 heterocycles. The van der Waals surface area contributed by atoms with Gasteiger partial charge in [0.05, 0.1) is 25.3 Å². The molecule has 7 heteroatoms. The first-order valence-electron chi connectivity index (χ1n) is 8.59. The van der Waals surface area contributed by atoms with Crippen LogP contribution in [-0.2, 0) is 17.6 Å². The van der Waals surface area contributed by atoms with Gasteiger partial charge in [0.15, 0.2) is 5.69 Å². The van der Waals surface area contributed by atoms with Crippen molar-refractivity contribution in [3.05, 3.63) is 17.0 Å². The number of ether oxygens (including phenoxy) is 1. The van der Waals surface area contributed by atoms with Crippen molar-refractivity contribution in [2.24, 2.45) is 0 Å². The fourth-order valence-electron chi connectivity index (χ4n) is 3.94. The van der Waals surface area contributed by atoms with Crippen LogP contribution in [0.4, 0.5) is 0 Å². The lowest BCUT2D eigenvalue weighted by molar-refractivity contribution is 0.0825. The Bertz CT molecular complexity index is 579. The Morgan fingerprint density at radius 1 is 1.26 bits per heavy atom. The molecule has 1 aromatic heterocycles. The number of H-pyrrole nitrogens is 1. The summed E-state index contributed by atoms with van der Waals surface area (Å²) >= 11 is 0. The number of aromatic nitrogens is 2. The lowest BCUT2D eigenvalue weighted by Crippen LogP contribution is -2.56. The Balaban J connectivity index is 1.42. The monoisotopic (exact) mass is 319 g/mol. The Hall–Kier alpha value is -1.44. The average Bonchev–Trinajstić information content (AvgIpc) is 3.23. The predicted molar refractivity (Wildman–Crippen MR) is 85.5 cm³/mol. The number of carbonyl (C=O) groups excluding carboxylic acids is 1. The van der Waals surface area contributed by atoms with Crippen LogP contribution < -0.4 is 5.32 Å². The van der Waals surface area contributed by atoms with Gasteiger partial charge in [-0.25, -0.2) is 0 Å². The fourth-order valence-corrected chi connectivity index (χ4v) is 3.94. The van der Waals surface area contributed by atoms with Crippen LogP contribution in [0, 0.1) is 0 Å². The number of piperazine rings is 1. The number of likely N-dealkylation sites (N-methyl/N-ethyl adjacent to an activating group) is 1. The van der Waals surface area contributed by atoms with Gasteiger partial charge in [-0.05, 0) is 26.3 Å². The van der Waals surface area contributed by atoms with Crippen LogP contribution in [0.3, 0.4) is 0 Å². The summed E-state index contributed by atoms with van der Waals surface area (Å²) in [6.45, 7) is 5.51. The highest BCUT2D eigenvalue weighted by atomic mass is 16.5. The minimum absolute atomic E-state index is 0.0552. The quantitative estimate of drug-likeness (QED) is 0.796. The van der Waals surface area contributed by atoms with Crippen molar-refractivity contribution in [2.45, 2.75) is 31.3 Å². The van der Waals surface area contributed by atoms with Gasteiger partial charge in [0, 0.05) is 37.4 Å². The van der Waals surface area contributed by atoms with Gasteiger partial charge in [0.2, 0.25) is 0 Å². The van der Waals surface area contributed by atoms with E-state index in [-0.39, 0.29) is 18.0 Å². The van der Waals surface area contributed by atoms with Crippen LogP contribution in [0.25, 0.3) is 0 Å². The number of aromatic amines is 1. The van der Waals surface area contributed by atoms with E-state index in [1.165, 1.54) is 0 Å². The van der Waals surface area contributed by atoms with Crippen LogP contribution >= 0.6 is 0 Å². The third kappa shape index (κ3) is 2.88. The lowest BCUT2D eigenvalue weighted by Gasteiger charge is -2.38. The topological polar surface area (TPSA) is 73.5 Å². The molecule has 2 N–H and O–H groups in total. The molecule has 2 saturated heterocycles. The molecular weight excluding hydrogens is 294 g/mol. The van der Waals surface area contributed by atoms with E-state index in [4.69, 9.17) is 4.74 Å². The summed E-state index contributed by atoms with van der Waals surface area (Å²) in [6.07, 6.45) is 3.07. The van der Waals surface area contributed by atoms with E-state index in [1.54, 1.807) is 0 Å². The maximum Gasteiger partial charge on any atom is 0.272 e. The molecule has 126 valence electrons. The molecule has 4 rings (SSSR count). The molecule has 2 atom stereocenters. The number of rotatable bonds is 3. The highest BCUT2D eigenvalue weighted by Gasteiger charge is 2.36. The molecule has 23 heavy (non-hydrogen) atoms. The molecule has 0 unspecified atom stereocenters. The van der Waals surface area contributed by atoms with E-state index in [9.17, 15) is 4.79 Å². The van der Waals surface area contributed by atoms with Crippen molar-refractivity contribution in [3.63, 3.8) is 0 Å². The summed E-state index contributed by atoms with van der Waals surface area (Å²) in [6, 6.07) is 0.333. The standard InChI is InChI=1S/C16H25N5O2/c1-20-5-7-21(8-6-20)14-10-23-9-13(14)17-16(22)15-11-3-2-4-12(11)18-19-15/h13-14H,2-10H2,1H3,(H,17,22)(H,18,19)/t13-,14-/m0/s1. The minimum Gasteiger partial charge on any atom is -0.378 e. The highest BCUT2D eigenvalue weighted by molar-refractivity contribution is 5.94. The molecule has 1 amide bonds. The number of hydrogen-bond donors (Lipinski definition) is 2. The summed E-state index contributed by atoms with van der Waals surface area (Å²) in [5.74, 6) is -0.0565. The van der Waals surface area contributed by atoms with E-state index >= 15 is 0 Å². The van der Waals surface area contributed by atoms with E-state index in [0.29, 0.717) is 18.9 Å². The zero-order valence-corrected chi connectivity index (χ0v) is 13.7. The first-order valence-corrected chi connectivity index (χ1v) is 8.59. The second kappa shape index (κ2) is 6.22. The molecular formula is C16H25N5O2. The smallest absolute Gasteiger partial charge is 0.272 e. The fraction of sp³-hybridized carbons (Fsp3) is 0.750. The first kappa shape index (κ1) is 15.1. The summed E-state index contributed by atoms with van der Waals surface area (Å²) in [5.41, 5.74) is 2.83. The van der Waals surface area contributed by atoms with Gasteiger partial charge in [-0.15, -0.1) is 0 Å². The SMILES string of the molecule is CN1CCN([C@H]2COC[C@@H]2NC(=O)c2n[nH]c3c2CCC3)CC1. The normalized spacial score (nSPS) is 28.9. The van der Waals surface area contributed by atoms with Crippen LogP contribution in [0.2, 0.25) is 0 Å². The Kier molecular flexibility index (Phi) is 4.09.